The summed E-state index contributed by atoms with van der Waals surface area (Å²) in [6.45, 7) is 0.490. The lowest BCUT2D eigenvalue weighted by atomic mass is 10.1. The van der Waals surface area contributed by atoms with Crippen molar-refractivity contribution in [2.75, 3.05) is 0 Å². The van der Waals surface area contributed by atoms with E-state index in [4.69, 9.17) is 0 Å². The summed E-state index contributed by atoms with van der Waals surface area (Å²) in [5, 5.41) is 8.65. The van der Waals surface area contributed by atoms with Crippen LogP contribution in [0, 0.1) is 5.82 Å². The highest BCUT2D eigenvalue weighted by molar-refractivity contribution is 7.89. The predicted octanol–water partition coefficient (Wildman–Crippen LogP) is 2.26. The Hall–Kier alpha value is -2.65. The maximum atomic E-state index is 13.3. The Morgan fingerprint density at radius 3 is 2.57 bits per heavy atom. The highest BCUT2D eigenvalue weighted by atomic mass is 32.2. The molecule has 2 aliphatic rings. The van der Waals surface area contributed by atoms with Gasteiger partial charge in [-0.2, -0.15) is 4.31 Å². The topological polar surface area (TPSA) is 81.0 Å². The number of hydrogen-bond acceptors (Lipinski definition) is 5. The highest BCUT2D eigenvalue weighted by Crippen LogP contribution is 2.37. The highest BCUT2D eigenvalue weighted by Gasteiger charge is 2.45. The fourth-order valence-electron chi connectivity index (χ4n) is 4.23. The van der Waals surface area contributed by atoms with Crippen molar-refractivity contribution in [2.24, 2.45) is 0 Å². The smallest absolute Gasteiger partial charge is 0.243 e. The minimum Gasteiger partial charge on any atom is -0.309 e. The molecule has 28 heavy (non-hydrogen) atoms. The van der Waals surface area contributed by atoms with Crippen molar-refractivity contribution in [3.63, 3.8) is 0 Å². The summed E-state index contributed by atoms with van der Waals surface area (Å²) < 4.78 is 43.4. The van der Waals surface area contributed by atoms with E-state index >= 15 is 0 Å². The second-order valence-corrected chi connectivity index (χ2v) is 9.01. The van der Waals surface area contributed by atoms with Crippen molar-refractivity contribution < 1.29 is 12.8 Å². The van der Waals surface area contributed by atoms with E-state index in [0.717, 1.165) is 24.2 Å². The van der Waals surface area contributed by atoms with Crippen LogP contribution in [0.2, 0.25) is 0 Å². The molecule has 2 bridgehead atoms. The Morgan fingerprint density at radius 1 is 1.04 bits per heavy atom. The molecule has 0 N–H and O–H groups in total. The molecule has 0 unspecified atom stereocenters. The molecule has 2 aromatic heterocycles. The molecule has 0 saturated carbocycles. The number of pyridine rings is 1. The summed E-state index contributed by atoms with van der Waals surface area (Å²) in [4.78, 5) is 4.27. The van der Waals surface area contributed by atoms with Gasteiger partial charge in [0.15, 0.2) is 5.82 Å². The summed E-state index contributed by atoms with van der Waals surface area (Å²) in [7, 11) is -3.72. The summed E-state index contributed by atoms with van der Waals surface area (Å²) in [5.74, 6) is 1.03. The van der Waals surface area contributed by atoms with Gasteiger partial charge in [-0.05, 0) is 49.2 Å². The second-order valence-electron chi connectivity index (χ2n) is 7.17. The molecular formula is C19H18FN5O2S. The molecule has 1 saturated heterocycles. The Labute approximate surface area is 161 Å². The van der Waals surface area contributed by atoms with Crippen LogP contribution in [0.15, 0.2) is 53.7 Å². The molecule has 144 valence electrons. The Bertz CT molecular complexity index is 1110. The molecule has 2 atom stereocenters. The molecule has 1 fully saturated rings. The predicted molar refractivity (Wildman–Crippen MR) is 99.2 cm³/mol. The van der Waals surface area contributed by atoms with E-state index in [0.29, 0.717) is 18.8 Å². The quantitative estimate of drug-likeness (QED) is 0.675. The number of aromatic nitrogens is 4. The lowest BCUT2D eigenvalue weighted by Crippen LogP contribution is -2.42. The molecule has 5 rings (SSSR count). The van der Waals surface area contributed by atoms with Gasteiger partial charge in [0, 0.05) is 43.0 Å². The lowest BCUT2D eigenvalue weighted by molar-refractivity contribution is 0.316. The van der Waals surface area contributed by atoms with Crippen LogP contribution in [0.1, 0.15) is 18.7 Å². The first-order valence-corrected chi connectivity index (χ1v) is 10.6. The van der Waals surface area contributed by atoms with Gasteiger partial charge in [0.25, 0.3) is 0 Å². The van der Waals surface area contributed by atoms with Gasteiger partial charge in [-0.25, -0.2) is 12.8 Å². The number of hydrogen-bond donors (Lipinski definition) is 0. The molecule has 9 heteroatoms. The molecule has 0 radical (unpaired) electrons. The lowest BCUT2D eigenvalue weighted by Gasteiger charge is -2.27. The Morgan fingerprint density at radius 2 is 1.82 bits per heavy atom. The molecule has 7 nitrogen and oxygen atoms in total. The van der Waals surface area contributed by atoms with Gasteiger partial charge in [0.1, 0.15) is 11.6 Å². The van der Waals surface area contributed by atoms with E-state index in [1.54, 1.807) is 16.7 Å². The van der Waals surface area contributed by atoms with Crippen molar-refractivity contribution in [3.8, 4) is 11.4 Å². The first-order chi connectivity index (χ1) is 13.5. The van der Waals surface area contributed by atoms with Gasteiger partial charge in [0.05, 0.1) is 4.90 Å². The summed E-state index contributed by atoms with van der Waals surface area (Å²) in [6, 6.07) is 8.42. The van der Waals surface area contributed by atoms with E-state index in [1.165, 1.54) is 24.3 Å². The molecule has 0 amide bonds. The summed E-state index contributed by atoms with van der Waals surface area (Å²) in [5.41, 5.74) is 0.854. The summed E-state index contributed by atoms with van der Waals surface area (Å²) in [6.07, 6.45) is 5.48. The minimum atomic E-state index is -3.72. The monoisotopic (exact) mass is 399 g/mol. The zero-order valence-electron chi connectivity index (χ0n) is 14.9. The average Bonchev–Trinajstić information content (AvgIpc) is 3.22. The maximum absolute atomic E-state index is 13.3. The first kappa shape index (κ1) is 17.4. The zero-order chi connectivity index (χ0) is 19.3. The van der Waals surface area contributed by atoms with Crippen LogP contribution in [-0.2, 0) is 23.0 Å². The maximum Gasteiger partial charge on any atom is 0.243 e. The number of sulfonamides is 1. The van der Waals surface area contributed by atoms with Gasteiger partial charge < -0.3 is 4.57 Å². The first-order valence-electron chi connectivity index (χ1n) is 9.15. The molecule has 2 aliphatic heterocycles. The fraction of sp³-hybridized carbons (Fsp3) is 0.316. The fourth-order valence-corrected chi connectivity index (χ4v) is 6.09. The van der Waals surface area contributed by atoms with Crippen LogP contribution in [0.25, 0.3) is 11.4 Å². The van der Waals surface area contributed by atoms with Crippen LogP contribution < -0.4 is 0 Å². The van der Waals surface area contributed by atoms with E-state index < -0.39 is 15.8 Å². The van der Waals surface area contributed by atoms with Crippen LogP contribution in [0.5, 0.6) is 0 Å². The van der Waals surface area contributed by atoms with Crippen LogP contribution in [-0.4, -0.2) is 44.6 Å². The molecule has 3 aromatic rings. The number of benzene rings is 1. The minimum absolute atomic E-state index is 0.121. The average molecular weight is 399 g/mol. The van der Waals surface area contributed by atoms with Gasteiger partial charge in [0.2, 0.25) is 10.0 Å². The number of fused-ring (bicyclic) bond motifs is 3. The van der Waals surface area contributed by atoms with E-state index in [-0.39, 0.29) is 17.0 Å². The van der Waals surface area contributed by atoms with Gasteiger partial charge in [-0.15, -0.1) is 10.2 Å². The van der Waals surface area contributed by atoms with Crippen LogP contribution in [0.3, 0.4) is 0 Å². The van der Waals surface area contributed by atoms with Gasteiger partial charge in [-0.1, -0.05) is 0 Å². The Kier molecular flexibility index (Phi) is 4.02. The second kappa shape index (κ2) is 6.46. The largest absolute Gasteiger partial charge is 0.309 e. The third-order valence-electron chi connectivity index (χ3n) is 5.50. The van der Waals surface area contributed by atoms with E-state index in [1.807, 2.05) is 16.7 Å². The third-order valence-corrected chi connectivity index (χ3v) is 7.52. The number of rotatable bonds is 3. The summed E-state index contributed by atoms with van der Waals surface area (Å²) >= 11 is 0. The normalized spacial score (nSPS) is 22.0. The molecule has 1 aromatic carbocycles. The van der Waals surface area contributed by atoms with Crippen molar-refractivity contribution >= 4 is 10.0 Å². The number of halogens is 1. The standard InChI is InChI=1S/C19H18FN5O2S/c20-14-3-7-17(8-4-14)28(26,27)25-15-5-6-16(25)12-24-18(10-15)22-23-19(24)13-2-1-9-21-11-13/h1-4,7-9,11,15-16H,5-6,10,12H2/t15-,16+/m0/s1. The molecule has 0 aliphatic carbocycles. The van der Waals surface area contributed by atoms with Crippen molar-refractivity contribution in [1.29, 1.82) is 0 Å². The van der Waals surface area contributed by atoms with Crippen molar-refractivity contribution in [2.45, 2.75) is 42.8 Å². The van der Waals surface area contributed by atoms with E-state index in [2.05, 4.69) is 15.2 Å². The SMILES string of the molecule is O=S(=O)(c1ccc(F)cc1)N1[C@@H]2CC[C@H]1Cc1nnc(-c3cccnc3)n1C2. The molecule has 0 spiro atoms. The van der Waals surface area contributed by atoms with E-state index in [9.17, 15) is 12.8 Å². The van der Waals surface area contributed by atoms with Crippen LogP contribution >= 0.6 is 0 Å². The van der Waals surface area contributed by atoms with Crippen LogP contribution in [0.4, 0.5) is 4.39 Å². The molecular weight excluding hydrogens is 381 g/mol. The van der Waals surface area contributed by atoms with Gasteiger partial charge in [-0.3, -0.25) is 4.98 Å². The van der Waals surface area contributed by atoms with Gasteiger partial charge >= 0.3 is 0 Å². The third kappa shape index (κ3) is 2.73. The molecule has 4 heterocycles. The Balaban J connectivity index is 1.53. The van der Waals surface area contributed by atoms with Crippen molar-refractivity contribution in [3.05, 3.63) is 60.4 Å². The zero-order valence-corrected chi connectivity index (χ0v) is 15.8. The van der Waals surface area contributed by atoms with Crippen molar-refractivity contribution in [1.82, 2.24) is 24.1 Å². The number of nitrogens with zero attached hydrogens (tertiary/aromatic N) is 5.